The Morgan fingerprint density at radius 2 is 2.26 bits per heavy atom. The lowest BCUT2D eigenvalue weighted by atomic mass is 9.73. The van der Waals surface area contributed by atoms with Crippen molar-refractivity contribution >= 4 is 27.2 Å². The normalized spacial score (nSPS) is 27.6. The average Bonchev–Trinajstić information content (AvgIpc) is 2.85. The number of nitrogens with two attached hydrogens (primary N) is 1. The standard InChI is InChI=1S/C16H19NOS/c1-11-4-3-8-16(17,10-11)15(18)13-6-2-5-12-7-9-19-14(12)13/h2,5-7,9,11H,3-4,8,10,17H2,1H3. The first kappa shape index (κ1) is 12.8. The molecule has 100 valence electrons. The van der Waals surface area contributed by atoms with Crippen LogP contribution >= 0.6 is 11.3 Å². The van der Waals surface area contributed by atoms with Crippen LogP contribution in [0.25, 0.3) is 10.1 Å². The molecule has 2 unspecified atom stereocenters. The van der Waals surface area contributed by atoms with Crippen LogP contribution in [0.15, 0.2) is 29.6 Å². The summed E-state index contributed by atoms with van der Waals surface area (Å²) in [6.07, 6.45) is 3.88. The van der Waals surface area contributed by atoms with Gasteiger partial charge in [-0.25, -0.2) is 0 Å². The van der Waals surface area contributed by atoms with Gasteiger partial charge in [-0.15, -0.1) is 11.3 Å². The molecule has 19 heavy (non-hydrogen) atoms. The molecule has 2 atom stereocenters. The Hall–Kier alpha value is -1.19. The van der Waals surface area contributed by atoms with Gasteiger partial charge in [-0.1, -0.05) is 31.9 Å². The lowest BCUT2D eigenvalue weighted by Gasteiger charge is -2.35. The SMILES string of the molecule is CC1CCCC(N)(C(=O)c2cccc3ccsc23)C1. The van der Waals surface area contributed by atoms with Crippen molar-refractivity contribution in [2.45, 2.75) is 38.1 Å². The third-order valence-electron chi connectivity index (χ3n) is 4.21. The number of fused-ring (bicyclic) bond motifs is 1. The van der Waals surface area contributed by atoms with Crippen molar-refractivity contribution in [1.82, 2.24) is 0 Å². The maximum absolute atomic E-state index is 12.9. The molecule has 1 fully saturated rings. The Labute approximate surface area is 117 Å². The number of benzene rings is 1. The molecule has 2 nitrogen and oxygen atoms in total. The molecule has 3 heteroatoms. The van der Waals surface area contributed by atoms with E-state index in [2.05, 4.69) is 19.1 Å². The van der Waals surface area contributed by atoms with Gasteiger partial charge in [0.05, 0.1) is 5.54 Å². The molecule has 0 bridgehead atoms. The molecule has 0 spiro atoms. The fourth-order valence-electron chi connectivity index (χ4n) is 3.24. The first-order valence-corrected chi connectivity index (χ1v) is 7.78. The first-order chi connectivity index (χ1) is 9.10. The van der Waals surface area contributed by atoms with Crippen molar-refractivity contribution in [2.24, 2.45) is 11.7 Å². The number of rotatable bonds is 2. The molecule has 1 aromatic carbocycles. The maximum atomic E-state index is 12.9. The fraction of sp³-hybridized carbons (Fsp3) is 0.438. The van der Waals surface area contributed by atoms with Crippen molar-refractivity contribution in [2.75, 3.05) is 0 Å². The van der Waals surface area contributed by atoms with E-state index in [0.29, 0.717) is 5.92 Å². The van der Waals surface area contributed by atoms with E-state index in [1.165, 1.54) is 6.42 Å². The Morgan fingerprint density at radius 3 is 3.05 bits per heavy atom. The van der Waals surface area contributed by atoms with Gasteiger partial charge in [0.15, 0.2) is 5.78 Å². The van der Waals surface area contributed by atoms with Gasteiger partial charge in [0.2, 0.25) is 0 Å². The predicted molar refractivity (Wildman–Crippen MR) is 80.7 cm³/mol. The summed E-state index contributed by atoms with van der Waals surface area (Å²) in [4.78, 5) is 12.9. The molecule has 0 amide bonds. The largest absolute Gasteiger partial charge is 0.319 e. The van der Waals surface area contributed by atoms with Gasteiger partial charge < -0.3 is 5.73 Å². The molecule has 0 saturated heterocycles. The third kappa shape index (κ3) is 2.21. The predicted octanol–water partition coefficient (Wildman–Crippen LogP) is 3.99. The van der Waals surface area contributed by atoms with Crippen LogP contribution in [0, 0.1) is 5.92 Å². The van der Waals surface area contributed by atoms with Crippen LogP contribution in [0.3, 0.4) is 0 Å². The highest BCUT2D eigenvalue weighted by Crippen LogP contribution is 2.35. The number of carbonyl (C=O) groups excluding carboxylic acids is 1. The second-order valence-corrected chi connectivity index (χ2v) is 6.75. The molecule has 0 aliphatic heterocycles. The van der Waals surface area contributed by atoms with Gasteiger partial charge in [-0.3, -0.25) is 4.79 Å². The summed E-state index contributed by atoms with van der Waals surface area (Å²) in [5.74, 6) is 0.678. The Morgan fingerprint density at radius 1 is 1.42 bits per heavy atom. The zero-order valence-corrected chi connectivity index (χ0v) is 12.0. The summed E-state index contributed by atoms with van der Waals surface area (Å²) in [5.41, 5.74) is 6.59. The monoisotopic (exact) mass is 273 g/mol. The molecule has 1 heterocycles. The lowest BCUT2D eigenvalue weighted by molar-refractivity contribution is 0.0821. The molecule has 1 aliphatic rings. The molecular formula is C16H19NOS. The minimum Gasteiger partial charge on any atom is -0.319 e. The van der Waals surface area contributed by atoms with Crippen LogP contribution in [0.2, 0.25) is 0 Å². The van der Waals surface area contributed by atoms with E-state index >= 15 is 0 Å². The fourth-order valence-corrected chi connectivity index (χ4v) is 4.15. The molecule has 1 saturated carbocycles. The minimum absolute atomic E-state index is 0.132. The summed E-state index contributed by atoms with van der Waals surface area (Å²) >= 11 is 1.63. The summed E-state index contributed by atoms with van der Waals surface area (Å²) in [6.45, 7) is 2.19. The van der Waals surface area contributed by atoms with E-state index in [1.54, 1.807) is 11.3 Å². The van der Waals surface area contributed by atoms with Crippen LogP contribution in [0.1, 0.15) is 43.0 Å². The Balaban J connectivity index is 2.01. The van der Waals surface area contributed by atoms with Crippen molar-refractivity contribution in [3.63, 3.8) is 0 Å². The molecule has 1 aromatic heterocycles. The highest BCUT2D eigenvalue weighted by Gasteiger charge is 2.38. The second kappa shape index (κ2) is 4.73. The number of carbonyl (C=O) groups is 1. The molecule has 2 N–H and O–H groups in total. The molecule has 1 aliphatic carbocycles. The van der Waals surface area contributed by atoms with Crippen LogP contribution in [-0.2, 0) is 0 Å². The van der Waals surface area contributed by atoms with E-state index in [-0.39, 0.29) is 5.78 Å². The van der Waals surface area contributed by atoms with E-state index < -0.39 is 5.54 Å². The summed E-state index contributed by atoms with van der Waals surface area (Å²) in [7, 11) is 0. The molecule has 3 rings (SSSR count). The van der Waals surface area contributed by atoms with Crippen LogP contribution in [-0.4, -0.2) is 11.3 Å². The van der Waals surface area contributed by atoms with E-state index in [0.717, 1.165) is 34.9 Å². The minimum atomic E-state index is -0.657. The van der Waals surface area contributed by atoms with Crippen molar-refractivity contribution in [3.05, 3.63) is 35.2 Å². The van der Waals surface area contributed by atoms with Gasteiger partial charge in [0.25, 0.3) is 0 Å². The summed E-state index contributed by atoms with van der Waals surface area (Å²) < 4.78 is 1.08. The zero-order valence-electron chi connectivity index (χ0n) is 11.2. The average molecular weight is 273 g/mol. The smallest absolute Gasteiger partial charge is 0.184 e. The number of Topliss-reactive ketones (excluding diaryl/α,β-unsaturated/α-hetero) is 1. The highest BCUT2D eigenvalue weighted by molar-refractivity contribution is 7.17. The van der Waals surface area contributed by atoms with Gasteiger partial charge in [-0.05, 0) is 41.7 Å². The van der Waals surface area contributed by atoms with E-state index in [4.69, 9.17) is 5.73 Å². The van der Waals surface area contributed by atoms with E-state index in [9.17, 15) is 4.79 Å². The van der Waals surface area contributed by atoms with Crippen molar-refractivity contribution in [1.29, 1.82) is 0 Å². The quantitative estimate of drug-likeness (QED) is 0.841. The van der Waals surface area contributed by atoms with Gasteiger partial charge in [-0.2, -0.15) is 0 Å². The van der Waals surface area contributed by atoms with Crippen LogP contribution in [0.5, 0.6) is 0 Å². The van der Waals surface area contributed by atoms with Gasteiger partial charge >= 0.3 is 0 Å². The van der Waals surface area contributed by atoms with Gasteiger partial charge in [0, 0.05) is 10.3 Å². The lowest BCUT2D eigenvalue weighted by Crippen LogP contribution is -2.51. The maximum Gasteiger partial charge on any atom is 0.184 e. The Bertz CT molecular complexity index is 618. The number of hydrogen-bond acceptors (Lipinski definition) is 3. The molecular weight excluding hydrogens is 254 g/mol. The molecule has 0 radical (unpaired) electrons. The topological polar surface area (TPSA) is 43.1 Å². The Kier molecular flexibility index (Phi) is 3.19. The van der Waals surface area contributed by atoms with Crippen LogP contribution < -0.4 is 5.73 Å². The highest BCUT2D eigenvalue weighted by atomic mass is 32.1. The van der Waals surface area contributed by atoms with Crippen LogP contribution in [0.4, 0.5) is 0 Å². The summed E-state index contributed by atoms with van der Waals surface area (Å²) in [6, 6.07) is 7.99. The van der Waals surface area contributed by atoms with Crippen molar-refractivity contribution < 1.29 is 4.79 Å². The van der Waals surface area contributed by atoms with E-state index in [1.807, 2.05) is 17.5 Å². The number of thiophene rings is 1. The first-order valence-electron chi connectivity index (χ1n) is 6.90. The van der Waals surface area contributed by atoms with Gasteiger partial charge in [0.1, 0.15) is 0 Å². The zero-order chi connectivity index (χ0) is 13.5. The van der Waals surface area contributed by atoms with Crippen molar-refractivity contribution in [3.8, 4) is 0 Å². The number of hydrogen-bond donors (Lipinski definition) is 1. The third-order valence-corrected chi connectivity index (χ3v) is 5.17. The number of ketones is 1. The second-order valence-electron chi connectivity index (χ2n) is 5.83. The summed E-state index contributed by atoms with van der Waals surface area (Å²) in [5, 5.41) is 3.18. The molecule has 2 aromatic rings.